The van der Waals surface area contributed by atoms with E-state index in [-0.39, 0.29) is 0 Å². The lowest BCUT2D eigenvalue weighted by Crippen LogP contribution is -1.92. The fourth-order valence-corrected chi connectivity index (χ4v) is 7.04. The Bertz CT molecular complexity index is 1950. The van der Waals surface area contributed by atoms with E-state index >= 15 is 0 Å². The molecule has 42 heavy (non-hydrogen) atoms. The van der Waals surface area contributed by atoms with Crippen molar-refractivity contribution in [2.24, 2.45) is 0 Å². The molecule has 2 nitrogen and oxygen atoms in total. The van der Waals surface area contributed by atoms with Gasteiger partial charge < -0.3 is 9.13 Å². The number of nitrogens with zero attached hydrogens (tertiary/aromatic N) is 2. The van der Waals surface area contributed by atoms with Crippen LogP contribution in [0.5, 0.6) is 0 Å². The van der Waals surface area contributed by atoms with Crippen molar-refractivity contribution in [3.8, 4) is 11.4 Å². The summed E-state index contributed by atoms with van der Waals surface area (Å²) in [4.78, 5) is 0. The van der Waals surface area contributed by atoms with Gasteiger partial charge in [0.15, 0.2) is 0 Å². The Balaban J connectivity index is 0.000000137. The molecule has 0 fully saturated rings. The lowest BCUT2D eigenvalue weighted by Gasteiger charge is -2.07. The van der Waals surface area contributed by atoms with Crippen molar-refractivity contribution in [2.75, 3.05) is 0 Å². The van der Waals surface area contributed by atoms with Crippen LogP contribution in [-0.2, 0) is 0 Å². The molecular formula is C36H22Br4N2. The zero-order valence-corrected chi connectivity index (χ0v) is 28.5. The molecule has 6 aromatic carbocycles. The van der Waals surface area contributed by atoms with Crippen molar-refractivity contribution in [1.82, 2.24) is 9.13 Å². The predicted molar refractivity (Wildman–Crippen MR) is 192 cm³/mol. The second-order valence-electron chi connectivity index (χ2n) is 9.99. The largest absolute Gasteiger partial charge is 0.309 e. The van der Waals surface area contributed by atoms with E-state index in [9.17, 15) is 0 Å². The smallest absolute Gasteiger partial charge is 0.0552 e. The van der Waals surface area contributed by atoms with Crippen molar-refractivity contribution in [3.05, 3.63) is 151 Å². The standard InChI is InChI=1S/2C18H11Br2N/c2*19-12-6-8-15-16-9-7-13(20)11-18(16)21(17(15)10-12)14-4-2-1-3-5-14/h2*1-11H. The first kappa shape index (κ1) is 27.7. The van der Waals surface area contributed by atoms with E-state index in [1.165, 1.54) is 55.0 Å². The van der Waals surface area contributed by atoms with Crippen molar-refractivity contribution >= 4 is 107 Å². The maximum atomic E-state index is 3.59. The van der Waals surface area contributed by atoms with E-state index < -0.39 is 0 Å². The zero-order valence-electron chi connectivity index (χ0n) is 22.1. The fourth-order valence-electron chi connectivity index (χ4n) is 5.64. The molecule has 0 bridgehead atoms. The van der Waals surface area contributed by atoms with Crippen LogP contribution >= 0.6 is 63.7 Å². The summed E-state index contributed by atoms with van der Waals surface area (Å²) in [6.07, 6.45) is 0. The number of benzene rings is 6. The lowest BCUT2D eigenvalue weighted by molar-refractivity contribution is 1.18. The highest BCUT2D eigenvalue weighted by molar-refractivity contribution is 9.11. The number of hydrogen-bond acceptors (Lipinski definition) is 0. The molecule has 0 spiro atoms. The van der Waals surface area contributed by atoms with Gasteiger partial charge in [-0.3, -0.25) is 0 Å². The summed E-state index contributed by atoms with van der Waals surface area (Å²) in [5.41, 5.74) is 7.20. The summed E-state index contributed by atoms with van der Waals surface area (Å²) in [7, 11) is 0. The minimum Gasteiger partial charge on any atom is -0.309 e. The molecule has 0 saturated heterocycles. The third kappa shape index (κ3) is 5.05. The van der Waals surface area contributed by atoms with Crippen LogP contribution in [0.2, 0.25) is 0 Å². The minimum absolute atomic E-state index is 1.09. The second kappa shape index (κ2) is 11.5. The maximum absolute atomic E-state index is 3.59. The number of hydrogen-bond donors (Lipinski definition) is 0. The van der Waals surface area contributed by atoms with Gasteiger partial charge >= 0.3 is 0 Å². The third-order valence-electron chi connectivity index (χ3n) is 7.41. The summed E-state index contributed by atoms with van der Waals surface area (Å²) in [6, 6.07) is 46.7. The van der Waals surface area contributed by atoms with E-state index in [2.05, 4.69) is 194 Å². The van der Waals surface area contributed by atoms with E-state index in [1.54, 1.807) is 0 Å². The van der Waals surface area contributed by atoms with Crippen LogP contribution in [0.1, 0.15) is 0 Å². The van der Waals surface area contributed by atoms with Crippen molar-refractivity contribution in [3.63, 3.8) is 0 Å². The average molecular weight is 802 g/mol. The monoisotopic (exact) mass is 798 g/mol. The molecule has 0 aliphatic rings. The normalized spacial score (nSPS) is 11.3. The number of rotatable bonds is 2. The fraction of sp³-hybridized carbons (Fsp3) is 0. The Kier molecular flexibility index (Phi) is 7.57. The Hall–Kier alpha value is -3.16. The van der Waals surface area contributed by atoms with Crippen molar-refractivity contribution in [2.45, 2.75) is 0 Å². The van der Waals surface area contributed by atoms with Crippen LogP contribution in [0.15, 0.2) is 151 Å². The first-order chi connectivity index (χ1) is 20.5. The molecule has 0 N–H and O–H groups in total. The van der Waals surface area contributed by atoms with Gasteiger partial charge in [-0.15, -0.1) is 0 Å². The molecule has 8 aromatic rings. The van der Waals surface area contributed by atoms with Crippen molar-refractivity contribution in [1.29, 1.82) is 0 Å². The quantitative estimate of drug-likeness (QED) is 0.165. The average Bonchev–Trinajstić information content (AvgIpc) is 3.48. The third-order valence-corrected chi connectivity index (χ3v) is 9.38. The molecule has 0 atom stereocenters. The Morgan fingerprint density at radius 1 is 0.310 bits per heavy atom. The molecular weight excluding hydrogens is 780 g/mol. The summed E-state index contributed by atoms with van der Waals surface area (Å²) in [5.74, 6) is 0. The summed E-state index contributed by atoms with van der Waals surface area (Å²) in [6.45, 7) is 0. The van der Waals surface area contributed by atoms with Gasteiger partial charge in [-0.05, 0) is 72.8 Å². The van der Waals surface area contributed by atoms with Crippen molar-refractivity contribution < 1.29 is 0 Å². The van der Waals surface area contributed by atoms with E-state index in [0.717, 1.165) is 17.9 Å². The van der Waals surface area contributed by atoms with Gasteiger partial charge in [0.25, 0.3) is 0 Å². The second-order valence-corrected chi connectivity index (χ2v) is 13.7. The molecule has 2 aromatic heterocycles. The van der Waals surface area contributed by atoms with Gasteiger partial charge in [-0.1, -0.05) is 124 Å². The van der Waals surface area contributed by atoms with Gasteiger partial charge in [0.05, 0.1) is 22.1 Å². The molecule has 0 unspecified atom stereocenters. The molecule has 0 radical (unpaired) electrons. The molecule has 0 aliphatic heterocycles. The molecule has 204 valence electrons. The van der Waals surface area contributed by atoms with Gasteiger partial charge in [0.2, 0.25) is 0 Å². The molecule has 8 rings (SSSR count). The molecule has 0 amide bonds. The summed E-state index contributed by atoms with van der Waals surface area (Å²) >= 11 is 14.4. The predicted octanol–water partition coefficient (Wildman–Crippen LogP) is 12.6. The topological polar surface area (TPSA) is 9.86 Å². The number of fused-ring (bicyclic) bond motifs is 6. The van der Waals surface area contributed by atoms with Crippen LogP contribution < -0.4 is 0 Å². The molecule has 2 heterocycles. The van der Waals surface area contributed by atoms with Gasteiger partial charge in [-0.2, -0.15) is 0 Å². The number of halogens is 4. The SMILES string of the molecule is Brc1ccc2c3ccc(Br)cc3n(-c3ccccc3)c2c1.Brc1ccc2c3ccc(Br)cc3n(-c3ccccc3)c2c1. The van der Waals surface area contributed by atoms with Crippen LogP contribution in [0, 0.1) is 0 Å². The summed E-state index contributed by atoms with van der Waals surface area (Å²) < 4.78 is 8.98. The van der Waals surface area contributed by atoms with Crippen LogP contribution in [-0.4, -0.2) is 9.13 Å². The Labute approximate surface area is 277 Å². The van der Waals surface area contributed by atoms with Gasteiger partial charge in [0, 0.05) is 50.8 Å². The minimum atomic E-state index is 1.09. The van der Waals surface area contributed by atoms with Crippen LogP contribution in [0.4, 0.5) is 0 Å². The van der Waals surface area contributed by atoms with E-state index in [0.29, 0.717) is 0 Å². The van der Waals surface area contributed by atoms with Gasteiger partial charge in [-0.25, -0.2) is 0 Å². The van der Waals surface area contributed by atoms with E-state index in [1.807, 2.05) is 12.1 Å². The highest BCUT2D eigenvalue weighted by Crippen LogP contribution is 2.36. The van der Waals surface area contributed by atoms with E-state index in [4.69, 9.17) is 0 Å². The molecule has 0 saturated carbocycles. The lowest BCUT2D eigenvalue weighted by atomic mass is 10.2. The first-order valence-corrected chi connectivity index (χ1v) is 16.5. The van der Waals surface area contributed by atoms with Gasteiger partial charge in [0.1, 0.15) is 0 Å². The summed E-state index contributed by atoms with van der Waals surface area (Å²) in [5, 5.41) is 5.07. The van der Waals surface area contributed by atoms with Crippen LogP contribution in [0.25, 0.3) is 55.0 Å². The zero-order chi connectivity index (χ0) is 28.8. The first-order valence-electron chi connectivity index (χ1n) is 13.4. The Morgan fingerprint density at radius 2 is 0.571 bits per heavy atom. The number of aromatic nitrogens is 2. The highest BCUT2D eigenvalue weighted by atomic mass is 79.9. The molecule has 0 aliphatic carbocycles. The van der Waals surface area contributed by atoms with Crippen LogP contribution in [0.3, 0.4) is 0 Å². The number of para-hydroxylation sites is 2. The molecule has 6 heteroatoms. The highest BCUT2D eigenvalue weighted by Gasteiger charge is 2.14. The maximum Gasteiger partial charge on any atom is 0.0552 e. The Morgan fingerprint density at radius 3 is 0.833 bits per heavy atom.